The van der Waals surface area contributed by atoms with Crippen molar-refractivity contribution in [2.75, 3.05) is 19.8 Å². The molecule has 1 rings (SSSR count). The molecule has 1 fully saturated rings. The smallest absolute Gasteiger partial charge is 0.305 e. The van der Waals surface area contributed by atoms with Gasteiger partial charge in [0.05, 0.1) is 32.0 Å². The maximum absolute atomic E-state index is 13.0. The van der Waals surface area contributed by atoms with E-state index in [-0.39, 0.29) is 18.5 Å². The average molecular weight is 1090 g/mol. The number of unbranched alkanes of at least 4 members (excludes halogenated alkanes) is 39. The van der Waals surface area contributed by atoms with Gasteiger partial charge in [0.1, 0.15) is 24.4 Å². The van der Waals surface area contributed by atoms with Gasteiger partial charge < -0.3 is 45.1 Å². The van der Waals surface area contributed by atoms with Crippen molar-refractivity contribution in [1.29, 1.82) is 0 Å². The summed E-state index contributed by atoms with van der Waals surface area (Å²) >= 11 is 0. The van der Waals surface area contributed by atoms with Crippen LogP contribution in [0.4, 0.5) is 0 Å². The lowest BCUT2D eigenvalue weighted by Crippen LogP contribution is -2.60. The molecule has 1 heterocycles. The van der Waals surface area contributed by atoms with Gasteiger partial charge in [-0.1, -0.05) is 281 Å². The highest BCUT2D eigenvalue weighted by molar-refractivity contribution is 5.76. The number of rotatable bonds is 57. The van der Waals surface area contributed by atoms with E-state index in [4.69, 9.17) is 14.2 Å². The third-order valence-corrected chi connectivity index (χ3v) is 15.5. The molecule has 7 unspecified atom stereocenters. The summed E-state index contributed by atoms with van der Waals surface area (Å²) in [4.78, 5) is 25.0. The van der Waals surface area contributed by atoms with Crippen LogP contribution in [0.25, 0.3) is 0 Å². The van der Waals surface area contributed by atoms with E-state index in [0.717, 1.165) is 64.2 Å². The fourth-order valence-electron chi connectivity index (χ4n) is 10.4. The van der Waals surface area contributed by atoms with Crippen LogP contribution >= 0.6 is 0 Å². The van der Waals surface area contributed by atoms with Crippen molar-refractivity contribution in [2.45, 2.75) is 352 Å². The van der Waals surface area contributed by atoms with Crippen molar-refractivity contribution in [1.82, 2.24) is 5.32 Å². The largest absolute Gasteiger partial charge is 0.466 e. The Bertz CT molecular complexity index is 1370. The Morgan fingerprint density at radius 3 is 1.27 bits per heavy atom. The minimum absolute atomic E-state index is 0.00886. The Morgan fingerprint density at radius 1 is 0.481 bits per heavy atom. The molecule has 1 saturated heterocycles. The van der Waals surface area contributed by atoms with Gasteiger partial charge in [0, 0.05) is 12.8 Å². The van der Waals surface area contributed by atoms with Gasteiger partial charge in [-0.05, 0) is 51.4 Å². The number of aliphatic hydroxyl groups excluding tert-OH is 5. The monoisotopic (exact) mass is 1090 g/mol. The lowest BCUT2D eigenvalue weighted by molar-refractivity contribution is -0.302. The number of nitrogens with one attached hydrogen (secondary N) is 1. The van der Waals surface area contributed by atoms with Gasteiger partial charge in [-0.25, -0.2) is 0 Å². The number of carbonyl (C=O) groups is 2. The summed E-state index contributed by atoms with van der Waals surface area (Å²) in [6.45, 7) is 4.22. The van der Waals surface area contributed by atoms with E-state index in [9.17, 15) is 35.1 Å². The molecule has 0 aromatic heterocycles. The maximum Gasteiger partial charge on any atom is 0.305 e. The zero-order valence-corrected chi connectivity index (χ0v) is 49.9. The Kier molecular flexibility index (Phi) is 52.8. The maximum atomic E-state index is 13.0. The molecule has 6 N–H and O–H groups in total. The lowest BCUT2D eigenvalue weighted by atomic mass is 9.99. The van der Waals surface area contributed by atoms with Gasteiger partial charge in [-0.3, -0.25) is 9.59 Å². The lowest BCUT2D eigenvalue weighted by Gasteiger charge is -2.40. The molecule has 1 aliphatic heterocycles. The molecule has 0 aliphatic carbocycles. The molecule has 1 aliphatic rings. The molecule has 0 spiro atoms. The summed E-state index contributed by atoms with van der Waals surface area (Å²) in [6, 6.07) is -0.831. The van der Waals surface area contributed by atoms with Gasteiger partial charge in [0.2, 0.25) is 5.91 Å². The van der Waals surface area contributed by atoms with Gasteiger partial charge in [-0.15, -0.1) is 0 Å². The van der Waals surface area contributed by atoms with E-state index >= 15 is 0 Å². The van der Waals surface area contributed by atoms with Crippen LogP contribution in [0.5, 0.6) is 0 Å². The summed E-state index contributed by atoms with van der Waals surface area (Å²) in [5, 5.41) is 54.2. The fourth-order valence-corrected chi connectivity index (χ4v) is 10.4. The molecular weight excluding hydrogens is 967 g/mol. The second-order valence-electron chi connectivity index (χ2n) is 22.8. The van der Waals surface area contributed by atoms with E-state index in [2.05, 4.69) is 43.5 Å². The second kappa shape index (κ2) is 55.8. The van der Waals surface area contributed by atoms with Crippen LogP contribution in [0, 0.1) is 0 Å². The summed E-state index contributed by atoms with van der Waals surface area (Å²) in [6.07, 6.45) is 60.0. The summed E-state index contributed by atoms with van der Waals surface area (Å²) in [5.74, 6) is -0.186. The van der Waals surface area contributed by atoms with E-state index in [0.29, 0.717) is 19.4 Å². The van der Waals surface area contributed by atoms with Crippen molar-refractivity contribution >= 4 is 11.9 Å². The van der Waals surface area contributed by atoms with Crippen molar-refractivity contribution in [3.05, 3.63) is 36.5 Å². The highest BCUT2D eigenvalue weighted by Crippen LogP contribution is 2.23. The number of amides is 1. The highest BCUT2D eigenvalue weighted by atomic mass is 16.7. The Morgan fingerprint density at radius 2 is 0.857 bits per heavy atom. The fraction of sp³-hybridized carbons (Fsp3) is 0.879. The first-order chi connectivity index (χ1) is 37.7. The van der Waals surface area contributed by atoms with Crippen molar-refractivity contribution in [3.63, 3.8) is 0 Å². The van der Waals surface area contributed by atoms with Gasteiger partial charge in [0.15, 0.2) is 6.29 Å². The zero-order valence-electron chi connectivity index (χ0n) is 49.9. The average Bonchev–Trinajstić information content (AvgIpc) is 3.43. The standard InChI is InChI=1S/C66H123NO10/c1-3-5-7-9-11-13-33-38-42-46-50-54-62(71)75-55-51-47-43-39-35-32-30-28-26-24-22-20-18-16-15-17-19-21-23-25-27-29-31-34-37-41-45-49-53-61(70)67-58(57-76-66-65(74)64(73)63(72)60(56-68)77-66)59(69)52-48-44-40-36-14-12-10-8-6-4-2/h6,8,14,36,48,52,58-60,63-66,68-69,72-74H,3-5,7,9-13,15-35,37-47,49-51,53-57H2,1-2H3,(H,67,70)/b8-6+,36-14+,52-48+. The van der Waals surface area contributed by atoms with Gasteiger partial charge in [0.25, 0.3) is 0 Å². The highest BCUT2D eigenvalue weighted by Gasteiger charge is 2.44. The van der Waals surface area contributed by atoms with Gasteiger partial charge >= 0.3 is 5.97 Å². The molecule has 11 nitrogen and oxygen atoms in total. The van der Waals surface area contributed by atoms with Crippen LogP contribution in [0.1, 0.15) is 309 Å². The van der Waals surface area contributed by atoms with E-state index in [1.807, 2.05) is 6.08 Å². The number of ether oxygens (including phenoxy) is 3. The Hall–Kier alpha value is -2.12. The van der Waals surface area contributed by atoms with E-state index < -0.39 is 49.5 Å². The summed E-state index contributed by atoms with van der Waals surface area (Å²) in [5.41, 5.74) is 0. The normalized spacial score (nSPS) is 18.8. The Balaban J connectivity index is 1.95. The van der Waals surface area contributed by atoms with Gasteiger partial charge in [-0.2, -0.15) is 0 Å². The molecule has 11 heteroatoms. The molecule has 7 atom stereocenters. The molecule has 0 aromatic carbocycles. The molecule has 452 valence electrons. The molecular formula is C66H123NO10. The molecule has 0 aromatic rings. The van der Waals surface area contributed by atoms with Crippen molar-refractivity contribution in [2.24, 2.45) is 0 Å². The number of hydrogen-bond donors (Lipinski definition) is 6. The summed E-state index contributed by atoms with van der Waals surface area (Å²) in [7, 11) is 0. The second-order valence-corrected chi connectivity index (χ2v) is 22.8. The first kappa shape index (κ1) is 72.9. The van der Waals surface area contributed by atoms with E-state index in [1.54, 1.807) is 6.08 Å². The number of aliphatic hydroxyl groups is 5. The number of carbonyl (C=O) groups excluding carboxylic acids is 2. The SMILES string of the molecule is CC/C=C/CC/C=C/CC/C=C/C(O)C(COC1OC(CO)C(O)C(O)C1O)NC(=O)CCCCCCCCCCCCCCCCCCCCCCCCCCCCCCOC(=O)CCCCCCCCCCCCC. The summed E-state index contributed by atoms with van der Waals surface area (Å²) < 4.78 is 16.7. The number of esters is 1. The minimum Gasteiger partial charge on any atom is -0.466 e. The van der Waals surface area contributed by atoms with Crippen LogP contribution in [0.3, 0.4) is 0 Å². The third-order valence-electron chi connectivity index (χ3n) is 15.5. The quantitative estimate of drug-likeness (QED) is 0.0195. The molecule has 0 radical (unpaired) electrons. The number of allylic oxidation sites excluding steroid dienone is 5. The minimum atomic E-state index is -1.58. The first-order valence-electron chi connectivity index (χ1n) is 32.8. The van der Waals surface area contributed by atoms with Crippen molar-refractivity contribution < 1.29 is 49.3 Å². The Labute approximate surface area is 473 Å². The van der Waals surface area contributed by atoms with Crippen molar-refractivity contribution in [3.8, 4) is 0 Å². The zero-order chi connectivity index (χ0) is 55.9. The predicted molar refractivity (Wildman–Crippen MR) is 320 cm³/mol. The van der Waals surface area contributed by atoms with Crippen LogP contribution in [-0.2, 0) is 23.8 Å². The number of hydrogen-bond acceptors (Lipinski definition) is 10. The molecule has 0 saturated carbocycles. The van der Waals surface area contributed by atoms with Crippen LogP contribution in [0.15, 0.2) is 36.5 Å². The molecule has 77 heavy (non-hydrogen) atoms. The third kappa shape index (κ3) is 45.2. The van der Waals surface area contributed by atoms with E-state index in [1.165, 1.54) is 218 Å². The first-order valence-corrected chi connectivity index (χ1v) is 32.8. The topological polar surface area (TPSA) is 175 Å². The van der Waals surface area contributed by atoms with Crippen LogP contribution in [-0.4, -0.2) is 100 Å². The van der Waals surface area contributed by atoms with Crippen LogP contribution in [0.2, 0.25) is 0 Å². The van der Waals surface area contributed by atoms with Crippen LogP contribution < -0.4 is 5.32 Å². The molecule has 0 bridgehead atoms. The predicted octanol–water partition coefficient (Wildman–Crippen LogP) is 15.8. The molecule has 1 amide bonds.